The van der Waals surface area contributed by atoms with E-state index in [9.17, 15) is 4.79 Å². The highest BCUT2D eigenvalue weighted by Gasteiger charge is 2.30. The first-order valence-electron chi connectivity index (χ1n) is 11.0. The summed E-state index contributed by atoms with van der Waals surface area (Å²) in [6, 6.07) is 23.6. The molecular weight excluding hydrogens is 370 g/mol. The Labute approximate surface area is 179 Å². The maximum absolute atomic E-state index is 11.9. The third-order valence-corrected chi connectivity index (χ3v) is 6.49. The molecule has 1 aliphatic rings. The Morgan fingerprint density at radius 3 is 2.57 bits per heavy atom. The zero-order chi connectivity index (χ0) is 21.1. The predicted octanol–water partition coefficient (Wildman–Crippen LogP) is 5.04. The molecule has 3 N–H and O–H groups in total. The van der Waals surface area contributed by atoms with Gasteiger partial charge >= 0.3 is 0 Å². The molecule has 1 fully saturated rings. The minimum Gasteiger partial charge on any atom is -0.366 e. The van der Waals surface area contributed by atoms with Crippen molar-refractivity contribution in [3.63, 3.8) is 0 Å². The Balaban J connectivity index is 1.79. The van der Waals surface area contributed by atoms with Crippen LogP contribution in [-0.2, 0) is 0 Å². The molecule has 1 unspecified atom stereocenters. The van der Waals surface area contributed by atoms with E-state index in [1.54, 1.807) is 6.07 Å². The van der Waals surface area contributed by atoms with Gasteiger partial charge in [0.2, 0.25) is 5.91 Å². The number of amides is 1. The quantitative estimate of drug-likeness (QED) is 0.608. The molecule has 4 nitrogen and oxygen atoms in total. The zero-order valence-corrected chi connectivity index (χ0v) is 17.8. The summed E-state index contributed by atoms with van der Waals surface area (Å²) in [4.78, 5) is 14.3. The highest BCUT2D eigenvalue weighted by atomic mass is 16.1. The van der Waals surface area contributed by atoms with Crippen LogP contribution in [0.4, 0.5) is 5.69 Å². The summed E-state index contributed by atoms with van der Waals surface area (Å²) in [6.45, 7) is 5.62. The van der Waals surface area contributed by atoms with E-state index in [0.717, 1.165) is 18.7 Å². The average Bonchev–Trinajstić information content (AvgIpc) is 2.79. The molecule has 0 bridgehead atoms. The van der Waals surface area contributed by atoms with Crippen LogP contribution in [0.3, 0.4) is 0 Å². The largest absolute Gasteiger partial charge is 0.366 e. The SMILES string of the molecule is CC([C@@H]1CCCCN1)N(c1cccc(C(N)=O)c1)[C@H](C)c1cccc2ccccc12. The number of fused-ring (bicyclic) bond motifs is 1. The summed E-state index contributed by atoms with van der Waals surface area (Å²) in [5, 5.41) is 6.23. The molecule has 156 valence electrons. The summed E-state index contributed by atoms with van der Waals surface area (Å²) in [7, 11) is 0. The molecular formula is C26H31N3O. The second-order valence-corrected chi connectivity index (χ2v) is 8.36. The Hall–Kier alpha value is -2.85. The lowest BCUT2D eigenvalue weighted by atomic mass is 9.93. The van der Waals surface area contributed by atoms with E-state index in [1.807, 2.05) is 12.1 Å². The Bertz CT molecular complexity index is 1020. The summed E-state index contributed by atoms with van der Waals surface area (Å²) in [6.07, 6.45) is 3.65. The van der Waals surface area contributed by atoms with Crippen LogP contribution in [0.2, 0.25) is 0 Å². The molecule has 1 amide bonds. The molecule has 4 heteroatoms. The second kappa shape index (κ2) is 8.88. The van der Waals surface area contributed by atoms with Crippen LogP contribution in [0.5, 0.6) is 0 Å². The first kappa shape index (κ1) is 20.4. The smallest absolute Gasteiger partial charge is 0.248 e. The van der Waals surface area contributed by atoms with Gasteiger partial charge in [0.15, 0.2) is 0 Å². The number of nitrogens with zero attached hydrogens (tertiary/aromatic N) is 1. The number of piperidine rings is 1. The maximum Gasteiger partial charge on any atom is 0.248 e. The van der Waals surface area contributed by atoms with E-state index >= 15 is 0 Å². The topological polar surface area (TPSA) is 58.4 Å². The van der Waals surface area contributed by atoms with Crippen molar-refractivity contribution < 1.29 is 4.79 Å². The van der Waals surface area contributed by atoms with E-state index in [2.05, 4.69) is 72.6 Å². The van der Waals surface area contributed by atoms with Crippen molar-refractivity contribution in [2.75, 3.05) is 11.4 Å². The molecule has 0 saturated carbocycles. The fourth-order valence-corrected chi connectivity index (χ4v) is 4.88. The maximum atomic E-state index is 11.9. The van der Waals surface area contributed by atoms with E-state index < -0.39 is 5.91 Å². The standard InChI is InChI=1S/C26H31N3O/c1-18(23-14-8-10-20-9-3-4-13-24(20)23)29(19(2)25-15-5-6-16-28-25)22-12-7-11-21(17-22)26(27)30/h3-4,7-14,17-19,25,28H,5-6,15-16H2,1-2H3,(H2,27,30)/t18-,19?,25+/m1/s1. The zero-order valence-electron chi connectivity index (χ0n) is 17.8. The highest BCUT2D eigenvalue weighted by Crippen LogP contribution is 2.35. The van der Waals surface area contributed by atoms with Crippen molar-refractivity contribution in [3.05, 3.63) is 77.9 Å². The fourth-order valence-electron chi connectivity index (χ4n) is 4.88. The number of nitrogens with two attached hydrogens (primary N) is 1. The van der Waals surface area contributed by atoms with Gasteiger partial charge in [-0.25, -0.2) is 0 Å². The molecule has 0 aromatic heterocycles. The lowest BCUT2D eigenvalue weighted by Crippen LogP contribution is -2.51. The molecule has 4 rings (SSSR count). The van der Waals surface area contributed by atoms with Gasteiger partial charge in [-0.2, -0.15) is 0 Å². The van der Waals surface area contributed by atoms with Gasteiger partial charge in [0.25, 0.3) is 0 Å². The van der Waals surface area contributed by atoms with Crippen LogP contribution in [0, 0.1) is 0 Å². The molecule has 3 atom stereocenters. The summed E-state index contributed by atoms with van der Waals surface area (Å²) >= 11 is 0. The second-order valence-electron chi connectivity index (χ2n) is 8.36. The van der Waals surface area contributed by atoms with E-state index in [-0.39, 0.29) is 12.1 Å². The molecule has 0 aliphatic carbocycles. The number of benzene rings is 3. The van der Waals surface area contributed by atoms with E-state index in [4.69, 9.17) is 5.73 Å². The van der Waals surface area contributed by atoms with Gasteiger partial charge in [0.1, 0.15) is 0 Å². The monoisotopic (exact) mass is 401 g/mol. The summed E-state index contributed by atoms with van der Waals surface area (Å²) in [5.74, 6) is -0.391. The van der Waals surface area contributed by atoms with Gasteiger partial charge in [0, 0.05) is 23.3 Å². The van der Waals surface area contributed by atoms with Crippen molar-refractivity contribution in [1.29, 1.82) is 0 Å². The molecule has 3 aromatic rings. The molecule has 1 heterocycles. The number of rotatable bonds is 6. The number of carbonyl (C=O) groups is 1. The fraction of sp³-hybridized carbons (Fsp3) is 0.346. The van der Waals surface area contributed by atoms with Crippen LogP contribution >= 0.6 is 0 Å². The van der Waals surface area contributed by atoms with E-state index in [0.29, 0.717) is 11.6 Å². The number of primary amides is 1. The van der Waals surface area contributed by atoms with Gasteiger partial charge in [-0.3, -0.25) is 4.79 Å². The van der Waals surface area contributed by atoms with Crippen LogP contribution in [-0.4, -0.2) is 24.5 Å². The lowest BCUT2D eigenvalue weighted by Gasteiger charge is -2.42. The van der Waals surface area contributed by atoms with Gasteiger partial charge in [-0.1, -0.05) is 55.0 Å². The molecule has 30 heavy (non-hydrogen) atoms. The number of carbonyl (C=O) groups excluding carboxylic acids is 1. The van der Waals surface area contributed by atoms with Crippen molar-refractivity contribution in [2.45, 2.75) is 51.2 Å². The Kier molecular flexibility index (Phi) is 6.05. The number of anilines is 1. The molecule has 0 spiro atoms. The predicted molar refractivity (Wildman–Crippen MR) is 125 cm³/mol. The number of hydrogen-bond donors (Lipinski definition) is 2. The van der Waals surface area contributed by atoms with Crippen LogP contribution < -0.4 is 16.0 Å². The first-order chi connectivity index (χ1) is 14.6. The molecule has 1 saturated heterocycles. The van der Waals surface area contributed by atoms with Crippen LogP contribution in [0.15, 0.2) is 66.7 Å². The van der Waals surface area contributed by atoms with Crippen LogP contribution in [0.25, 0.3) is 10.8 Å². The Morgan fingerprint density at radius 1 is 1.03 bits per heavy atom. The van der Waals surface area contributed by atoms with Crippen molar-refractivity contribution >= 4 is 22.4 Å². The Morgan fingerprint density at radius 2 is 1.80 bits per heavy atom. The molecule has 1 aliphatic heterocycles. The van der Waals surface area contributed by atoms with E-state index in [1.165, 1.54) is 29.2 Å². The third-order valence-electron chi connectivity index (χ3n) is 6.49. The minimum absolute atomic E-state index is 0.137. The van der Waals surface area contributed by atoms with Crippen molar-refractivity contribution in [1.82, 2.24) is 5.32 Å². The first-order valence-corrected chi connectivity index (χ1v) is 11.0. The average molecular weight is 402 g/mol. The molecule has 0 radical (unpaired) electrons. The molecule has 3 aromatic carbocycles. The van der Waals surface area contributed by atoms with Gasteiger partial charge in [0.05, 0.1) is 6.04 Å². The minimum atomic E-state index is -0.391. The summed E-state index contributed by atoms with van der Waals surface area (Å²) < 4.78 is 0. The van der Waals surface area contributed by atoms with Gasteiger partial charge < -0.3 is 16.0 Å². The lowest BCUT2D eigenvalue weighted by molar-refractivity contribution is 0.100. The normalized spacial score (nSPS) is 18.7. The number of nitrogens with one attached hydrogen (secondary N) is 1. The van der Waals surface area contributed by atoms with Gasteiger partial charge in [-0.15, -0.1) is 0 Å². The van der Waals surface area contributed by atoms with Crippen LogP contribution in [0.1, 0.15) is 55.1 Å². The van der Waals surface area contributed by atoms with Gasteiger partial charge in [-0.05, 0) is 67.8 Å². The van der Waals surface area contributed by atoms with Crippen molar-refractivity contribution in [2.24, 2.45) is 5.73 Å². The third kappa shape index (κ3) is 4.05. The highest BCUT2D eigenvalue weighted by molar-refractivity contribution is 5.94. The van der Waals surface area contributed by atoms with Crippen molar-refractivity contribution in [3.8, 4) is 0 Å². The summed E-state index contributed by atoms with van der Waals surface area (Å²) in [5.41, 5.74) is 8.47. The number of hydrogen-bond acceptors (Lipinski definition) is 3.